The van der Waals surface area contributed by atoms with Crippen LogP contribution in [0, 0.1) is 0 Å². The summed E-state index contributed by atoms with van der Waals surface area (Å²) in [7, 11) is 0. The van der Waals surface area contributed by atoms with Crippen molar-refractivity contribution in [3.63, 3.8) is 0 Å². The number of aromatic nitrogens is 2. The fraction of sp³-hybridized carbons (Fsp3) is 0.192. The second-order valence-corrected chi connectivity index (χ2v) is 8.55. The standard InChI is InChI=1S/C26H24N2O4/c1-26(2,3)21-12-8-19(9-13-21)24-28-27-23(32-24)18-6-4-17(5-7-18)16-31-22-14-10-20(11-15-22)25(29)30/h4-15H,16H2,1-3H3,(H,29,30). The molecule has 6 heteroatoms. The van der Waals surface area contributed by atoms with E-state index in [0.717, 1.165) is 16.7 Å². The van der Waals surface area contributed by atoms with Gasteiger partial charge >= 0.3 is 5.97 Å². The third kappa shape index (κ3) is 4.86. The van der Waals surface area contributed by atoms with Gasteiger partial charge in [0, 0.05) is 11.1 Å². The van der Waals surface area contributed by atoms with Gasteiger partial charge in [0.15, 0.2) is 0 Å². The summed E-state index contributed by atoms with van der Waals surface area (Å²) < 4.78 is 11.6. The van der Waals surface area contributed by atoms with Crippen LogP contribution in [0.25, 0.3) is 22.9 Å². The molecule has 0 amide bonds. The molecule has 32 heavy (non-hydrogen) atoms. The van der Waals surface area contributed by atoms with E-state index in [-0.39, 0.29) is 11.0 Å². The van der Waals surface area contributed by atoms with Crippen LogP contribution in [-0.2, 0) is 12.0 Å². The van der Waals surface area contributed by atoms with Crippen molar-refractivity contribution in [3.8, 4) is 28.7 Å². The lowest BCUT2D eigenvalue weighted by atomic mass is 9.87. The van der Waals surface area contributed by atoms with Gasteiger partial charge in [0.25, 0.3) is 0 Å². The van der Waals surface area contributed by atoms with E-state index in [1.54, 1.807) is 12.1 Å². The maximum Gasteiger partial charge on any atom is 0.335 e. The summed E-state index contributed by atoms with van der Waals surface area (Å²) in [6.07, 6.45) is 0. The van der Waals surface area contributed by atoms with Gasteiger partial charge in [-0.3, -0.25) is 0 Å². The molecule has 0 atom stereocenters. The monoisotopic (exact) mass is 428 g/mol. The summed E-state index contributed by atoms with van der Waals surface area (Å²) in [5.41, 5.74) is 4.24. The number of carboxylic acids is 1. The molecule has 0 aliphatic heterocycles. The summed E-state index contributed by atoms with van der Waals surface area (Å²) in [4.78, 5) is 10.9. The van der Waals surface area contributed by atoms with Gasteiger partial charge in [0.05, 0.1) is 5.56 Å². The van der Waals surface area contributed by atoms with Crippen LogP contribution >= 0.6 is 0 Å². The van der Waals surface area contributed by atoms with Crippen LogP contribution in [0.4, 0.5) is 0 Å². The van der Waals surface area contributed by atoms with Crippen LogP contribution in [-0.4, -0.2) is 21.3 Å². The second-order valence-electron chi connectivity index (χ2n) is 8.55. The van der Waals surface area contributed by atoms with Crippen molar-refractivity contribution < 1.29 is 19.1 Å². The number of hydrogen-bond acceptors (Lipinski definition) is 5. The minimum atomic E-state index is -0.960. The van der Waals surface area contributed by atoms with E-state index in [1.165, 1.54) is 17.7 Å². The highest BCUT2D eigenvalue weighted by molar-refractivity contribution is 5.87. The predicted molar refractivity (Wildman–Crippen MR) is 122 cm³/mol. The maximum absolute atomic E-state index is 10.9. The van der Waals surface area contributed by atoms with Gasteiger partial charge in [0.1, 0.15) is 12.4 Å². The Labute approximate surface area is 186 Å². The van der Waals surface area contributed by atoms with Crippen molar-refractivity contribution in [2.24, 2.45) is 0 Å². The SMILES string of the molecule is CC(C)(C)c1ccc(-c2nnc(-c3ccc(COc4ccc(C(=O)O)cc4)cc3)o2)cc1. The zero-order chi connectivity index (χ0) is 22.7. The summed E-state index contributed by atoms with van der Waals surface area (Å²) in [5.74, 6) is 0.589. The van der Waals surface area contributed by atoms with E-state index in [1.807, 2.05) is 36.4 Å². The van der Waals surface area contributed by atoms with Gasteiger partial charge in [-0.1, -0.05) is 45.0 Å². The van der Waals surface area contributed by atoms with Gasteiger partial charge in [-0.2, -0.15) is 0 Å². The van der Waals surface area contributed by atoms with Crippen LogP contribution in [0.3, 0.4) is 0 Å². The third-order valence-corrected chi connectivity index (χ3v) is 5.13. The van der Waals surface area contributed by atoms with Crippen LogP contribution in [0.5, 0.6) is 5.75 Å². The molecule has 1 heterocycles. The molecular weight excluding hydrogens is 404 g/mol. The first-order valence-corrected chi connectivity index (χ1v) is 10.3. The summed E-state index contributed by atoms with van der Waals surface area (Å²) in [6, 6.07) is 22.2. The molecule has 3 aromatic carbocycles. The number of ether oxygens (including phenoxy) is 1. The lowest BCUT2D eigenvalue weighted by molar-refractivity contribution is 0.0697. The highest BCUT2D eigenvalue weighted by Crippen LogP contribution is 2.27. The molecular formula is C26H24N2O4. The Morgan fingerprint density at radius 1 is 0.844 bits per heavy atom. The summed E-state index contributed by atoms with van der Waals surface area (Å²) >= 11 is 0. The van der Waals surface area contributed by atoms with E-state index < -0.39 is 5.97 Å². The topological polar surface area (TPSA) is 85.5 Å². The van der Waals surface area contributed by atoms with Gasteiger partial charge < -0.3 is 14.3 Å². The molecule has 0 saturated carbocycles. The molecule has 6 nitrogen and oxygen atoms in total. The minimum Gasteiger partial charge on any atom is -0.489 e. The molecule has 0 saturated heterocycles. The Bertz CT molecular complexity index is 1200. The Balaban J connectivity index is 1.41. The molecule has 4 rings (SSSR count). The van der Waals surface area contributed by atoms with Crippen molar-refractivity contribution in [2.75, 3.05) is 0 Å². The van der Waals surface area contributed by atoms with Crippen LogP contribution < -0.4 is 4.74 Å². The van der Waals surface area contributed by atoms with Gasteiger partial charge in [-0.15, -0.1) is 10.2 Å². The Morgan fingerprint density at radius 2 is 1.38 bits per heavy atom. The fourth-order valence-electron chi connectivity index (χ4n) is 3.17. The number of rotatable bonds is 6. The number of hydrogen-bond donors (Lipinski definition) is 1. The van der Waals surface area contributed by atoms with E-state index >= 15 is 0 Å². The first kappa shape index (κ1) is 21.3. The predicted octanol–water partition coefficient (Wildman–Crippen LogP) is 5.98. The van der Waals surface area contributed by atoms with Crippen LogP contribution in [0.15, 0.2) is 77.2 Å². The quantitative estimate of drug-likeness (QED) is 0.407. The highest BCUT2D eigenvalue weighted by Gasteiger charge is 2.15. The largest absolute Gasteiger partial charge is 0.489 e. The molecule has 0 radical (unpaired) electrons. The fourth-order valence-corrected chi connectivity index (χ4v) is 3.17. The average molecular weight is 428 g/mol. The van der Waals surface area contributed by atoms with E-state index in [0.29, 0.717) is 24.1 Å². The summed E-state index contributed by atoms with van der Waals surface area (Å²) in [5, 5.41) is 17.3. The lowest BCUT2D eigenvalue weighted by Crippen LogP contribution is -2.10. The maximum atomic E-state index is 10.9. The number of nitrogens with zero attached hydrogens (tertiary/aromatic N) is 2. The van der Waals surface area contributed by atoms with Crippen molar-refractivity contribution in [1.82, 2.24) is 10.2 Å². The third-order valence-electron chi connectivity index (χ3n) is 5.13. The molecule has 0 unspecified atom stereocenters. The zero-order valence-corrected chi connectivity index (χ0v) is 18.2. The van der Waals surface area contributed by atoms with E-state index in [4.69, 9.17) is 14.3 Å². The first-order valence-electron chi connectivity index (χ1n) is 10.3. The van der Waals surface area contributed by atoms with E-state index in [9.17, 15) is 4.79 Å². The molecule has 1 aromatic heterocycles. The Morgan fingerprint density at radius 3 is 1.88 bits per heavy atom. The second kappa shape index (κ2) is 8.67. The van der Waals surface area contributed by atoms with Crippen molar-refractivity contribution in [1.29, 1.82) is 0 Å². The molecule has 0 aliphatic rings. The minimum absolute atomic E-state index is 0.0892. The normalized spacial score (nSPS) is 11.3. The molecule has 0 spiro atoms. The molecule has 1 N–H and O–H groups in total. The van der Waals surface area contributed by atoms with Crippen LogP contribution in [0.2, 0.25) is 0 Å². The van der Waals surface area contributed by atoms with Crippen molar-refractivity contribution >= 4 is 5.97 Å². The Hall–Kier alpha value is -3.93. The molecule has 0 bridgehead atoms. The smallest absolute Gasteiger partial charge is 0.335 e. The zero-order valence-electron chi connectivity index (χ0n) is 18.2. The molecule has 0 aliphatic carbocycles. The van der Waals surface area contributed by atoms with E-state index in [2.05, 4.69) is 43.1 Å². The van der Waals surface area contributed by atoms with Gasteiger partial charge in [0.2, 0.25) is 11.8 Å². The highest BCUT2D eigenvalue weighted by atomic mass is 16.5. The molecule has 4 aromatic rings. The number of carboxylic acid groups (broad SMARTS) is 1. The number of benzene rings is 3. The Kier molecular flexibility index (Phi) is 5.77. The van der Waals surface area contributed by atoms with Crippen molar-refractivity contribution in [2.45, 2.75) is 32.8 Å². The first-order chi connectivity index (χ1) is 15.3. The lowest BCUT2D eigenvalue weighted by Gasteiger charge is -2.18. The summed E-state index contributed by atoms with van der Waals surface area (Å²) in [6.45, 7) is 6.89. The number of carbonyl (C=O) groups is 1. The number of aromatic carboxylic acids is 1. The van der Waals surface area contributed by atoms with Gasteiger partial charge in [-0.25, -0.2) is 4.79 Å². The average Bonchev–Trinajstić information content (AvgIpc) is 3.28. The van der Waals surface area contributed by atoms with Gasteiger partial charge in [-0.05, 0) is 65.1 Å². The van der Waals surface area contributed by atoms with Crippen LogP contribution in [0.1, 0.15) is 42.3 Å². The molecule has 0 fully saturated rings. The van der Waals surface area contributed by atoms with Crippen molar-refractivity contribution in [3.05, 3.63) is 89.5 Å². The molecule has 162 valence electrons.